The molecule has 250 valence electrons. The van der Waals surface area contributed by atoms with Crippen molar-refractivity contribution in [1.82, 2.24) is 0 Å². The SMILES string of the molecule is CC1(C)c2ccccc2N(c2ccc3oc4cc5oc6ccc(N7c8ccccc8C(C)(C)c8ccccc87)cc6c5cc4c3c2)c2ccccc21. The quantitative estimate of drug-likeness (QED) is 0.183. The Labute approximate surface area is 302 Å². The zero-order valence-electron chi connectivity index (χ0n) is 29.6. The van der Waals surface area contributed by atoms with Crippen molar-refractivity contribution in [3.63, 3.8) is 0 Å². The lowest BCUT2D eigenvalue weighted by molar-refractivity contribution is 0.631. The molecule has 0 atom stereocenters. The van der Waals surface area contributed by atoms with Crippen molar-refractivity contribution in [3.8, 4) is 0 Å². The van der Waals surface area contributed by atoms with Gasteiger partial charge in [0.25, 0.3) is 0 Å². The number of hydrogen-bond acceptors (Lipinski definition) is 4. The molecule has 0 amide bonds. The molecular weight excluding hydrogens is 637 g/mol. The second kappa shape index (κ2) is 10.2. The Kier molecular flexibility index (Phi) is 5.76. The van der Waals surface area contributed by atoms with Crippen molar-refractivity contribution >= 4 is 78.0 Å². The average molecular weight is 673 g/mol. The maximum atomic E-state index is 6.50. The summed E-state index contributed by atoms with van der Waals surface area (Å²) in [6.07, 6.45) is 0. The average Bonchev–Trinajstić information content (AvgIpc) is 3.71. The van der Waals surface area contributed by atoms with Crippen LogP contribution in [-0.4, -0.2) is 0 Å². The van der Waals surface area contributed by atoms with Gasteiger partial charge in [-0.3, -0.25) is 0 Å². The van der Waals surface area contributed by atoms with Gasteiger partial charge in [-0.25, -0.2) is 0 Å². The molecule has 0 unspecified atom stereocenters. The van der Waals surface area contributed by atoms with E-state index in [2.05, 4.69) is 183 Å². The van der Waals surface area contributed by atoms with Crippen LogP contribution in [0.5, 0.6) is 0 Å². The molecule has 0 fully saturated rings. The van der Waals surface area contributed by atoms with Crippen LogP contribution in [0.4, 0.5) is 34.1 Å². The first kappa shape index (κ1) is 29.5. The van der Waals surface area contributed by atoms with Crippen LogP contribution in [0.25, 0.3) is 43.9 Å². The van der Waals surface area contributed by atoms with Gasteiger partial charge in [-0.1, -0.05) is 100 Å². The Bertz CT molecular complexity index is 2650. The summed E-state index contributed by atoms with van der Waals surface area (Å²) in [5.74, 6) is 0. The molecular formula is C48H36N2O2. The van der Waals surface area contributed by atoms with Crippen LogP contribution in [0, 0.1) is 0 Å². The van der Waals surface area contributed by atoms with E-state index in [-0.39, 0.29) is 10.8 Å². The molecule has 0 spiro atoms. The van der Waals surface area contributed by atoms with E-state index < -0.39 is 0 Å². The largest absolute Gasteiger partial charge is 0.456 e. The number of rotatable bonds is 2. The fourth-order valence-electron chi connectivity index (χ4n) is 9.20. The van der Waals surface area contributed by atoms with E-state index in [1.807, 2.05) is 0 Å². The van der Waals surface area contributed by atoms with Crippen LogP contribution in [0.1, 0.15) is 49.9 Å². The van der Waals surface area contributed by atoms with Crippen LogP contribution in [0.2, 0.25) is 0 Å². The van der Waals surface area contributed by atoms with Gasteiger partial charge in [0.05, 0.1) is 22.7 Å². The van der Waals surface area contributed by atoms with Gasteiger partial charge in [-0.05, 0) is 89.0 Å². The highest BCUT2D eigenvalue weighted by atomic mass is 16.3. The summed E-state index contributed by atoms with van der Waals surface area (Å²) in [6, 6.07) is 52.6. The van der Waals surface area contributed by atoms with Gasteiger partial charge in [0, 0.05) is 49.8 Å². The second-order valence-corrected chi connectivity index (χ2v) is 15.4. The smallest absolute Gasteiger partial charge is 0.139 e. The molecule has 4 heterocycles. The second-order valence-electron chi connectivity index (χ2n) is 15.4. The number of benzene rings is 7. The molecule has 2 aromatic heterocycles. The lowest BCUT2D eigenvalue weighted by Gasteiger charge is -2.42. The van der Waals surface area contributed by atoms with Gasteiger partial charge < -0.3 is 18.6 Å². The minimum absolute atomic E-state index is 0.114. The van der Waals surface area contributed by atoms with Gasteiger partial charge in [-0.2, -0.15) is 0 Å². The predicted octanol–water partition coefficient (Wildman–Crippen LogP) is 13.7. The Morgan fingerprint density at radius 3 is 1.04 bits per heavy atom. The molecule has 11 rings (SSSR count). The lowest BCUT2D eigenvalue weighted by atomic mass is 9.73. The fourth-order valence-corrected chi connectivity index (χ4v) is 9.20. The van der Waals surface area contributed by atoms with Gasteiger partial charge in [-0.15, -0.1) is 0 Å². The Balaban J connectivity index is 1.10. The zero-order valence-corrected chi connectivity index (χ0v) is 29.6. The molecule has 0 saturated heterocycles. The van der Waals surface area contributed by atoms with E-state index >= 15 is 0 Å². The highest BCUT2D eigenvalue weighted by Gasteiger charge is 2.38. The first-order valence-corrected chi connectivity index (χ1v) is 18.1. The molecule has 9 aromatic rings. The number of para-hydroxylation sites is 4. The number of furan rings is 2. The summed E-state index contributed by atoms with van der Waals surface area (Å²) in [7, 11) is 0. The van der Waals surface area contributed by atoms with E-state index in [0.29, 0.717) is 0 Å². The van der Waals surface area contributed by atoms with Crippen molar-refractivity contribution in [1.29, 1.82) is 0 Å². The molecule has 4 nitrogen and oxygen atoms in total. The summed E-state index contributed by atoms with van der Waals surface area (Å²) < 4.78 is 13.0. The lowest BCUT2D eigenvalue weighted by Crippen LogP contribution is -2.30. The third-order valence-electron chi connectivity index (χ3n) is 11.8. The van der Waals surface area contributed by atoms with Crippen molar-refractivity contribution in [2.45, 2.75) is 38.5 Å². The highest BCUT2D eigenvalue weighted by Crippen LogP contribution is 2.54. The van der Waals surface area contributed by atoms with Gasteiger partial charge in [0.15, 0.2) is 0 Å². The maximum absolute atomic E-state index is 6.50. The zero-order chi connectivity index (χ0) is 34.9. The van der Waals surface area contributed by atoms with Crippen LogP contribution in [0.15, 0.2) is 154 Å². The van der Waals surface area contributed by atoms with E-state index in [0.717, 1.165) is 55.3 Å². The standard InChI is InChI=1S/C48H36N2O2/c1-47(2)35-13-5-9-17-39(35)49(40-18-10-6-14-36(40)47)29-21-23-43-31(25-29)33-27-34-32-26-30(22-24-44(32)52-46(34)28-45(33)51-43)50-41-19-11-7-15-37(41)48(3,4)38-16-8-12-20-42(38)50/h5-28H,1-4H3. The van der Waals surface area contributed by atoms with Crippen molar-refractivity contribution < 1.29 is 8.83 Å². The predicted molar refractivity (Wildman–Crippen MR) is 215 cm³/mol. The highest BCUT2D eigenvalue weighted by molar-refractivity contribution is 6.16. The minimum atomic E-state index is -0.114. The van der Waals surface area contributed by atoms with E-state index in [1.165, 1.54) is 45.0 Å². The third kappa shape index (κ3) is 3.87. The fraction of sp³-hybridized carbons (Fsp3) is 0.125. The summed E-state index contributed by atoms with van der Waals surface area (Å²) in [4.78, 5) is 4.81. The van der Waals surface area contributed by atoms with Crippen molar-refractivity contribution in [2.24, 2.45) is 0 Å². The summed E-state index contributed by atoms with van der Waals surface area (Å²) in [6.45, 7) is 9.29. The number of hydrogen-bond donors (Lipinski definition) is 0. The molecule has 0 aliphatic carbocycles. The molecule has 0 N–H and O–H groups in total. The van der Waals surface area contributed by atoms with Crippen molar-refractivity contribution in [3.05, 3.63) is 168 Å². The van der Waals surface area contributed by atoms with Gasteiger partial charge in [0.2, 0.25) is 0 Å². The molecule has 7 aromatic carbocycles. The number of fused-ring (bicyclic) bond motifs is 10. The molecule has 2 aliphatic heterocycles. The maximum Gasteiger partial charge on any atom is 0.139 e. The Hall–Kier alpha value is -6.26. The molecule has 4 heteroatoms. The van der Waals surface area contributed by atoms with Crippen LogP contribution in [-0.2, 0) is 10.8 Å². The number of anilines is 6. The van der Waals surface area contributed by atoms with E-state index in [1.54, 1.807) is 0 Å². The minimum Gasteiger partial charge on any atom is -0.456 e. The van der Waals surface area contributed by atoms with Crippen LogP contribution >= 0.6 is 0 Å². The van der Waals surface area contributed by atoms with Gasteiger partial charge >= 0.3 is 0 Å². The van der Waals surface area contributed by atoms with Crippen LogP contribution in [0.3, 0.4) is 0 Å². The first-order valence-electron chi connectivity index (χ1n) is 18.1. The van der Waals surface area contributed by atoms with Gasteiger partial charge in [0.1, 0.15) is 22.3 Å². The Morgan fingerprint density at radius 1 is 0.346 bits per heavy atom. The molecule has 0 radical (unpaired) electrons. The third-order valence-corrected chi connectivity index (χ3v) is 11.8. The first-order chi connectivity index (χ1) is 25.3. The normalized spacial score (nSPS) is 15.5. The summed E-state index contributed by atoms with van der Waals surface area (Å²) in [5, 5.41) is 4.32. The topological polar surface area (TPSA) is 32.8 Å². The molecule has 52 heavy (non-hydrogen) atoms. The van der Waals surface area contributed by atoms with E-state index in [9.17, 15) is 0 Å². The van der Waals surface area contributed by atoms with Crippen molar-refractivity contribution in [2.75, 3.05) is 9.80 Å². The monoisotopic (exact) mass is 672 g/mol. The molecule has 0 saturated carbocycles. The molecule has 2 aliphatic rings. The van der Waals surface area contributed by atoms with E-state index in [4.69, 9.17) is 8.83 Å². The van der Waals surface area contributed by atoms with Crippen LogP contribution < -0.4 is 9.80 Å². The summed E-state index contributed by atoms with van der Waals surface area (Å²) in [5.41, 5.74) is 15.4. The number of nitrogens with zero attached hydrogens (tertiary/aromatic N) is 2. The molecule has 0 bridgehead atoms. The Morgan fingerprint density at radius 2 is 0.673 bits per heavy atom. The summed E-state index contributed by atoms with van der Waals surface area (Å²) >= 11 is 0.